The van der Waals surface area contributed by atoms with E-state index in [9.17, 15) is 0 Å². The quantitative estimate of drug-likeness (QED) is 0.162. The summed E-state index contributed by atoms with van der Waals surface area (Å²) < 4.78 is 2.66. The van der Waals surface area contributed by atoms with Gasteiger partial charge in [0.25, 0.3) is 0 Å². The van der Waals surface area contributed by atoms with Gasteiger partial charge in [-0.1, -0.05) is 190 Å². The standard InChI is InChI=1S/C58H41NS/c1-57(2)50-27-12-9-21-44(50)47-25-16-29-53(55(47)57)59(41-33-31-38(32-34-41)43-24-15-26-48-46-23-11-14-30-54(46)60-56(43)48)42-35-36-52-49(37-42)45-22-10-13-28-51(45)58(52,39-17-5-3-6-18-39)40-19-7-4-8-20-40/h3-37H,1-2H3. The number of hydrogen-bond donors (Lipinski definition) is 0. The van der Waals surface area contributed by atoms with Crippen LogP contribution < -0.4 is 4.90 Å². The SMILES string of the molecule is CC1(C)c2ccccc2-c2cccc(N(c3ccc(-c4cccc5c4sc4ccccc45)cc3)c3ccc4c(c3)-c3ccccc3C4(c3ccccc3)c3ccccc3)c21. The molecule has 1 heterocycles. The van der Waals surface area contributed by atoms with Gasteiger partial charge < -0.3 is 4.90 Å². The zero-order chi connectivity index (χ0) is 40.0. The second kappa shape index (κ2) is 13.3. The van der Waals surface area contributed by atoms with E-state index in [2.05, 4.69) is 231 Å². The van der Waals surface area contributed by atoms with Crippen LogP contribution in [0.25, 0.3) is 53.6 Å². The molecular formula is C58H41NS. The molecule has 0 N–H and O–H groups in total. The molecule has 0 saturated carbocycles. The molecule has 1 aromatic heterocycles. The molecule has 2 aliphatic carbocycles. The first kappa shape index (κ1) is 35.0. The maximum absolute atomic E-state index is 2.52. The van der Waals surface area contributed by atoms with Crippen molar-refractivity contribution in [2.75, 3.05) is 4.90 Å². The van der Waals surface area contributed by atoms with Gasteiger partial charge in [-0.2, -0.15) is 0 Å². The van der Waals surface area contributed by atoms with Crippen LogP contribution in [0.2, 0.25) is 0 Å². The van der Waals surface area contributed by atoms with Gasteiger partial charge in [0.2, 0.25) is 0 Å². The number of fused-ring (bicyclic) bond motifs is 9. The van der Waals surface area contributed by atoms with Crippen molar-refractivity contribution in [1.82, 2.24) is 0 Å². The third-order valence-electron chi connectivity index (χ3n) is 13.3. The Balaban J connectivity index is 1.08. The molecule has 2 aliphatic rings. The van der Waals surface area contributed by atoms with Crippen LogP contribution >= 0.6 is 11.3 Å². The Morgan fingerprint density at radius 1 is 0.400 bits per heavy atom. The summed E-state index contributed by atoms with van der Waals surface area (Å²) in [5.41, 5.74) is 18.4. The van der Waals surface area contributed by atoms with Gasteiger partial charge in [-0.15, -0.1) is 11.3 Å². The molecule has 60 heavy (non-hydrogen) atoms. The molecule has 0 aliphatic heterocycles. The first-order chi connectivity index (χ1) is 29.5. The van der Waals surface area contributed by atoms with Gasteiger partial charge in [0.05, 0.1) is 11.1 Å². The number of hydrogen-bond acceptors (Lipinski definition) is 2. The lowest BCUT2D eigenvalue weighted by molar-refractivity contribution is 0.661. The van der Waals surface area contributed by atoms with Crippen LogP contribution in [0.4, 0.5) is 17.1 Å². The molecule has 0 atom stereocenters. The van der Waals surface area contributed by atoms with Crippen LogP contribution in [0.15, 0.2) is 212 Å². The average molecular weight is 784 g/mol. The summed E-state index contributed by atoms with van der Waals surface area (Å²) in [6.45, 7) is 4.78. The highest BCUT2D eigenvalue weighted by atomic mass is 32.1. The molecule has 9 aromatic carbocycles. The molecule has 0 bridgehead atoms. The smallest absolute Gasteiger partial charge is 0.0713 e. The molecule has 0 spiro atoms. The Morgan fingerprint density at radius 3 is 1.70 bits per heavy atom. The van der Waals surface area contributed by atoms with Crippen molar-refractivity contribution in [1.29, 1.82) is 0 Å². The van der Waals surface area contributed by atoms with E-state index < -0.39 is 5.41 Å². The van der Waals surface area contributed by atoms with Crippen molar-refractivity contribution < 1.29 is 0 Å². The lowest BCUT2D eigenvalue weighted by Gasteiger charge is -2.35. The first-order valence-electron chi connectivity index (χ1n) is 20.9. The Hall–Kier alpha value is -7.00. The van der Waals surface area contributed by atoms with Crippen LogP contribution in [0, 0.1) is 0 Å². The fourth-order valence-electron chi connectivity index (χ4n) is 10.8. The van der Waals surface area contributed by atoms with Crippen LogP contribution in [-0.4, -0.2) is 0 Å². The normalized spacial score (nSPS) is 14.1. The van der Waals surface area contributed by atoms with E-state index in [0.717, 1.165) is 11.4 Å². The third kappa shape index (κ3) is 4.92. The Kier molecular flexibility index (Phi) is 7.73. The second-order valence-electron chi connectivity index (χ2n) is 16.8. The van der Waals surface area contributed by atoms with E-state index in [-0.39, 0.29) is 5.41 Å². The maximum Gasteiger partial charge on any atom is 0.0713 e. The fourth-order valence-corrected chi connectivity index (χ4v) is 12.0. The highest BCUT2D eigenvalue weighted by molar-refractivity contribution is 7.26. The Bertz CT molecular complexity index is 3240. The lowest BCUT2D eigenvalue weighted by Crippen LogP contribution is -2.28. The zero-order valence-corrected chi connectivity index (χ0v) is 34.4. The largest absolute Gasteiger partial charge is 0.310 e. The summed E-state index contributed by atoms with van der Waals surface area (Å²) in [6, 6.07) is 79.1. The van der Waals surface area contributed by atoms with Gasteiger partial charge in [0.15, 0.2) is 0 Å². The lowest BCUT2D eigenvalue weighted by atomic mass is 9.68. The van der Waals surface area contributed by atoms with Gasteiger partial charge in [0.1, 0.15) is 0 Å². The molecule has 0 amide bonds. The van der Waals surface area contributed by atoms with Crippen LogP contribution in [-0.2, 0) is 10.8 Å². The molecule has 12 rings (SSSR count). The zero-order valence-electron chi connectivity index (χ0n) is 33.6. The molecule has 2 heteroatoms. The highest BCUT2D eigenvalue weighted by Gasteiger charge is 2.46. The van der Waals surface area contributed by atoms with Gasteiger partial charge in [0, 0.05) is 37.0 Å². The molecule has 10 aromatic rings. The van der Waals surface area contributed by atoms with Crippen molar-refractivity contribution >= 4 is 48.6 Å². The predicted molar refractivity (Wildman–Crippen MR) is 254 cm³/mol. The van der Waals surface area contributed by atoms with E-state index in [1.165, 1.54) is 92.6 Å². The molecule has 0 saturated heterocycles. The molecular weight excluding hydrogens is 743 g/mol. The predicted octanol–water partition coefficient (Wildman–Crippen LogP) is 15.9. The topological polar surface area (TPSA) is 3.24 Å². The van der Waals surface area contributed by atoms with Crippen molar-refractivity contribution in [3.05, 3.63) is 246 Å². The van der Waals surface area contributed by atoms with Crippen molar-refractivity contribution in [3.63, 3.8) is 0 Å². The number of rotatable bonds is 6. The van der Waals surface area contributed by atoms with E-state index in [4.69, 9.17) is 0 Å². The Morgan fingerprint density at radius 2 is 0.950 bits per heavy atom. The summed E-state index contributed by atoms with van der Waals surface area (Å²) in [7, 11) is 0. The summed E-state index contributed by atoms with van der Waals surface area (Å²) in [5.74, 6) is 0. The number of thiophene rings is 1. The fraction of sp³-hybridized carbons (Fsp3) is 0.0690. The summed E-state index contributed by atoms with van der Waals surface area (Å²) in [6.07, 6.45) is 0. The second-order valence-corrected chi connectivity index (χ2v) is 17.8. The van der Waals surface area contributed by atoms with E-state index in [1.54, 1.807) is 0 Å². The van der Waals surface area contributed by atoms with E-state index in [1.807, 2.05) is 11.3 Å². The Labute approximate surface area is 355 Å². The van der Waals surface area contributed by atoms with E-state index >= 15 is 0 Å². The molecule has 284 valence electrons. The summed E-state index contributed by atoms with van der Waals surface area (Å²) >= 11 is 1.89. The van der Waals surface area contributed by atoms with Gasteiger partial charge >= 0.3 is 0 Å². The van der Waals surface area contributed by atoms with E-state index in [0.29, 0.717) is 0 Å². The number of anilines is 3. The molecule has 1 nitrogen and oxygen atoms in total. The molecule has 0 fully saturated rings. The average Bonchev–Trinajstić information content (AvgIpc) is 3.92. The monoisotopic (exact) mass is 783 g/mol. The van der Waals surface area contributed by atoms with Crippen molar-refractivity contribution in [2.45, 2.75) is 24.7 Å². The minimum absolute atomic E-state index is 0.198. The summed E-state index contributed by atoms with van der Waals surface area (Å²) in [4.78, 5) is 2.52. The number of benzene rings is 9. The van der Waals surface area contributed by atoms with Crippen molar-refractivity contribution in [2.24, 2.45) is 0 Å². The molecule has 0 radical (unpaired) electrons. The van der Waals surface area contributed by atoms with Gasteiger partial charge in [-0.25, -0.2) is 0 Å². The van der Waals surface area contributed by atoms with Crippen LogP contribution in [0.3, 0.4) is 0 Å². The van der Waals surface area contributed by atoms with Crippen LogP contribution in [0.5, 0.6) is 0 Å². The number of nitrogens with zero attached hydrogens (tertiary/aromatic N) is 1. The highest BCUT2D eigenvalue weighted by Crippen LogP contribution is 2.59. The van der Waals surface area contributed by atoms with Crippen molar-refractivity contribution in [3.8, 4) is 33.4 Å². The minimum Gasteiger partial charge on any atom is -0.310 e. The third-order valence-corrected chi connectivity index (χ3v) is 14.6. The van der Waals surface area contributed by atoms with Gasteiger partial charge in [-0.05, 0) is 103 Å². The van der Waals surface area contributed by atoms with Crippen LogP contribution in [0.1, 0.15) is 47.2 Å². The molecule has 0 unspecified atom stereocenters. The maximum atomic E-state index is 2.52. The van der Waals surface area contributed by atoms with Gasteiger partial charge in [-0.3, -0.25) is 0 Å². The minimum atomic E-state index is -0.454. The first-order valence-corrected chi connectivity index (χ1v) is 21.7. The summed E-state index contributed by atoms with van der Waals surface area (Å²) in [5, 5.41) is 2.64.